The number of rotatable bonds is 5. The normalized spacial score (nSPS) is 21.5. The molecule has 1 aliphatic rings. The Hall–Kier alpha value is -1.77. The van der Waals surface area contributed by atoms with E-state index in [9.17, 15) is 4.79 Å². The first-order valence-corrected chi connectivity index (χ1v) is 7.12. The van der Waals surface area contributed by atoms with Gasteiger partial charge in [0.15, 0.2) is 0 Å². The van der Waals surface area contributed by atoms with E-state index in [2.05, 4.69) is 23.3 Å². The van der Waals surface area contributed by atoms with Gasteiger partial charge in [0, 0.05) is 23.1 Å². The molecule has 3 nitrogen and oxygen atoms in total. The van der Waals surface area contributed by atoms with Crippen LogP contribution in [-0.4, -0.2) is 16.9 Å². The number of amides is 1. The minimum Gasteiger partial charge on any atom is -0.361 e. The lowest BCUT2D eigenvalue weighted by Crippen LogP contribution is -2.28. The van der Waals surface area contributed by atoms with Crippen LogP contribution in [0.4, 0.5) is 0 Å². The molecule has 19 heavy (non-hydrogen) atoms. The molecule has 2 unspecified atom stereocenters. The number of hydrogen-bond acceptors (Lipinski definition) is 1. The van der Waals surface area contributed by atoms with E-state index in [-0.39, 0.29) is 5.91 Å². The first kappa shape index (κ1) is 12.3. The zero-order chi connectivity index (χ0) is 13.2. The molecule has 1 aliphatic carbocycles. The predicted octanol–water partition coefficient (Wildman–Crippen LogP) is 3.02. The molecule has 0 radical (unpaired) electrons. The monoisotopic (exact) mass is 256 g/mol. The molecule has 1 aromatic heterocycles. The summed E-state index contributed by atoms with van der Waals surface area (Å²) in [7, 11) is 0. The third kappa shape index (κ3) is 2.65. The third-order valence-electron chi connectivity index (χ3n) is 3.95. The van der Waals surface area contributed by atoms with Crippen LogP contribution in [0.2, 0.25) is 0 Å². The van der Waals surface area contributed by atoms with Gasteiger partial charge in [-0.25, -0.2) is 0 Å². The minimum atomic E-state index is 0.147. The molecule has 1 aromatic carbocycles. The van der Waals surface area contributed by atoms with E-state index in [0.29, 0.717) is 12.5 Å². The van der Waals surface area contributed by atoms with Crippen molar-refractivity contribution >= 4 is 16.8 Å². The van der Waals surface area contributed by atoms with Crippen molar-refractivity contribution in [2.75, 3.05) is 0 Å². The Labute approximate surface area is 113 Å². The fourth-order valence-corrected chi connectivity index (χ4v) is 2.82. The van der Waals surface area contributed by atoms with Crippen LogP contribution in [0.5, 0.6) is 0 Å². The molecule has 100 valence electrons. The van der Waals surface area contributed by atoms with E-state index >= 15 is 0 Å². The highest BCUT2D eigenvalue weighted by molar-refractivity contribution is 5.89. The molecule has 0 aliphatic heterocycles. The van der Waals surface area contributed by atoms with E-state index in [1.807, 2.05) is 24.4 Å². The first-order valence-electron chi connectivity index (χ1n) is 7.12. The van der Waals surface area contributed by atoms with Crippen LogP contribution in [-0.2, 0) is 11.2 Å². The highest BCUT2D eigenvalue weighted by Crippen LogP contribution is 2.34. The van der Waals surface area contributed by atoms with Crippen LogP contribution in [0.15, 0.2) is 30.5 Å². The molecule has 1 fully saturated rings. The molecule has 2 aromatic rings. The fraction of sp³-hybridized carbons (Fsp3) is 0.438. The molecule has 3 rings (SSSR count). The Morgan fingerprint density at radius 3 is 3.11 bits per heavy atom. The molecule has 0 bridgehead atoms. The Morgan fingerprint density at radius 2 is 2.26 bits per heavy atom. The topological polar surface area (TPSA) is 44.9 Å². The minimum absolute atomic E-state index is 0.147. The number of fused-ring (bicyclic) bond motifs is 1. The summed E-state index contributed by atoms with van der Waals surface area (Å²) < 4.78 is 0. The molecule has 1 saturated carbocycles. The summed E-state index contributed by atoms with van der Waals surface area (Å²) >= 11 is 0. The number of H-pyrrole nitrogens is 1. The molecule has 1 amide bonds. The van der Waals surface area contributed by atoms with Gasteiger partial charge in [0.2, 0.25) is 5.91 Å². The number of benzene rings is 1. The van der Waals surface area contributed by atoms with Gasteiger partial charge in [-0.1, -0.05) is 31.5 Å². The van der Waals surface area contributed by atoms with Crippen molar-refractivity contribution in [1.82, 2.24) is 10.3 Å². The molecule has 0 spiro atoms. The van der Waals surface area contributed by atoms with E-state index in [1.54, 1.807) is 0 Å². The Balaban J connectivity index is 1.61. The summed E-state index contributed by atoms with van der Waals surface area (Å²) in [5.41, 5.74) is 2.18. The lowest BCUT2D eigenvalue weighted by molar-refractivity contribution is -0.120. The van der Waals surface area contributed by atoms with Gasteiger partial charge in [0.1, 0.15) is 0 Å². The lowest BCUT2D eigenvalue weighted by Gasteiger charge is -2.04. The second-order valence-corrected chi connectivity index (χ2v) is 5.49. The molecule has 0 saturated heterocycles. The van der Waals surface area contributed by atoms with E-state index < -0.39 is 0 Å². The summed E-state index contributed by atoms with van der Waals surface area (Å²) in [5.74, 6) is 0.866. The van der Waals surface area contributed by atoms with Gasteiger partial charge in [0.05, 0.1) is 6.42 Å². The van der Waals surface area contributed by atoms with Crippen LogP contribution in [0.25, 0.3) is 10.9 Å². The molecular formula is C16H20N2O. The molecular weight excluding hydrogens is 236 g/mol. The van der Waals surface area contributed by atoms with Gasteiger partial charge in [-0.15, -0.1) is 0 Å². The van der Waals surface area contributed by atoms with Gasteiger partial charge in [0.25, 0.3) is 0 Å². The van der Waals surface area contributed by atoms with Crippen molar-refractivity contribution in [1.29, 1.82) is 0 Å². The van der Waals surface area contributed by atoms with Gasteiger partial charge in [-0.3, -0.25) is 4.79 Å². The average Bonchev–Trinajstić information content (AvgIpc) is 2.99. The number of nitrogens with one attached hydrogen (secondary N) is 2. The maximum atomic E-state index is 12.0. The lowest BCUT2D eigenvalue weighted by atomic mass is 10.1. The van der Waals surface area contributed by atoms with Crippen molar-refractivity contribution in [3.8, 4) is 0 Å². The number of aromatic nitrogens is 1. The number of carbonyl (C=O) groups excluding carboxylic acids is 1. The number of hydrogen-bond donors (Lipinski definition) is 2. The first-order chi connectivity index (χ1) is 9.28. The van der Waals surface area contributed by atoms with Crippen molar-refractivity contribution in [2.24, 2.45) is 5.92 Å². The van der Waals surface area contributed by atoms with Crippen molar-refractivity contribution in [3.63, 3.8) is 0 Å². The third-order valence-corrected chi connectivity index (χ3v) is 3.95. The van der Waals surface area contributed by atoms with Gasteiger partial charge in [-0.05, 0) is 30.4 Å². The summed E-state index contributed by atoms with van der Waals surface area (Å²) in [5, 5.41) is 4.29. The van der Waals surface area contributed by atoms with Crippen molar-refractivity contribution in [3.05, 3.63) is 36.0 Å². The summed E-state index contributed by atoms with van der Waals surface area (Å²) in [6, 6.07) is 8.54. The van der Waals surface area contributed by atoms with E-state index in [4.69, 9.17) is 0 Å². The number of carbonyl (C=O) groups is 1. The van der Waals surface area contributed by atoms with Crippen LogP contribution < -0.4 is 5.32 Å². The molecule has 3 heteroatoms. The fourth-order valence-electron chi connectivity index (χ4n) is 2.82. The Kier molecular flexibility index (Phi) is 3.28. The largest absolute Gasteiger partial charge is 0.361 e. The van der Waals surface area contributed by atoms with Gasteiger partial charge >= 0.3 is 0 Å². The Bertz CT molecular complexity index is 587. The van der Waals surface area contributed by atoms with Crippen LogP contribution in [0.3, 0.4) is 0 Å². The van der Waals surface area contributed by atoms with Crippen LogP contribution in [0.1, 0.15) is 31.7 Å². The van der Waals surface area contributed by atoms with Gasteiger partial charge < -0.3 is 10.3 Å². The number of para-hydroxylation sites is 1. The van der Waals surface area contributed by atoms with Crippen LogP contribution in [0, 0.1) is 5.92 Å². The zero-order valence-corrected chi connectivity index (χ0v) is 11.3. The number of aromatic amines is 1. The van der Waals surface area contributed by atoms with Crippen molar-refractivity contribution < 1.29 is 4.79 Å². The Morgan fingerprint density at radius 1 is 1.42 bits per heavy atom. The average molecular weight is 256 g/mol. The zero-order valence-electron chi connectivity index (χ0n) is 11.3. The second kappa shape index (κ2) is 5.08. The van der Waals surface area contributed by atoms with Crippen LogP contribution >= 0.6 is 0 Å². The summed E-state index contributed by atoms with van der Waals surface area (Å²) in [4.78, 5) is 15.2. The van der Waals surface area contributed by atoms with E-state index in [0.717, 1.165) is 28.8 Å². The highest BCUT2D eigenvalue weighted by Gasteiger charge is 2.36. The summed E-state index contributed by atoms with van der Waals surface area (Å²) in [6.45, 7) is 2.20. The van der Waals surface area contributed by atoms with Gasteiger partial charge in [-0.2, -0.15) is 0 Å². The molecule has 2 atom stereocenters. The summed E-state index contributed by atoms with van der Waals surface area (Å²) in [6.07, 6.45) is 6.02. The molecule has 2 N–H and O–H groups in total. The smallest absolute Gasteiger partial charge is 0.224 e. The quantitative estimate of drug-likeness (QED) is 0.848. The van der Waals surface area contributed by atoms with E-state index in [1.165, 1.54) is 12.8 Å². The predicted molar refractivity (Wildman–Crippen MR) is 76.9 cm³/mol. The highest BCUT2D eigenvalue weighted by atomic mass is 16.1. The second-order valence-electron chi connectivity index (χ2n) is 5.49. The SMILES string of the molecule is CCCC1CC1NC(=O)Cc1c[nH]c2ccccc12. The maximum absolute atomic E-state index is 12.0. The standard InChI is InChI=1S/C16H20N2O/c1-2-5-11-8-15(11)18-16(19)9-12-10-17-14-7-4-3-6-13(12)14/h3-4,6-7,10-11,15,17H,2,5,8-9H2,1H3,(H,18,19). The maximum Gasteiger partial charge on any atom is 0.224 e. The van der Waals surface area contributed by atoms with Crippen molar-refractivity contribution in [2.45, 2.75) is 38.6 Å². The molecule has 1 heterocycles.